The number of para-hydroxylation sites is 1. The number of benzene rings is 2. The zero-order valence-corrected chi connectivity index (χ0v) is 13.4. The first-order valence-electron chi connectivity index (χ1n) is 6.53. The number of likely N-dealkylation sites (N-methyl/N-ethyl adjacent to an activating group) is 1. The second-order valence-electron chi connectivity index (χ2n) is 4.70. The third-order valence-electron chi connectivity index (χ3n) is 2.95. The highest BCUT2D eigenvalue weighted by molar-refractivity contribution is 6.42. The number of nitrogens with zero attached hydrogens (tertiary/aromatic N) is 1. The maximum absolute atomic E-state index is 12.2. The largest absolute Gasteiger partial charge is 0.332 e. The molecule has 2 amide bonds. The van der Waals surface area contributed by atoms with Gasteiger partial charge in [0.05, 0.1) is 16.6 Å². The molecule has 1 N–H and O–H groups in total. The average molecular weight is 337 g/mol. The Bertz CT molecular complexity index is 690. The minimum Gasteiger partial charge on any atom is -0.332 e. The number of rotatable bonds is 4. The van der Waals surface area contributed by atoms with Gasteiger partial charge >= 0.3 is 0 Å². The van der Waals surface area contributed by atoms with Gasteiger partial charge in [-0.25, -0.2) is 0 Å². The van der Waals surface area contributed by atoms with Crippen LogP contribution >= 0.6 is 23.2 Å². The summed E-state index contributed by atoms with van der Waals surface area (Å²) in [6, 6.07) is 13.7. The van der Waals surface area contributed by atoms with Crippen molar-refractivity contribution in [3.05, 3.63) is 64.1 Å². The van der Waals surface area contributed by atoms with Crippen LogP contribution in [-0.2, 0) is 4.79 Å². The van der Waals surface area contributed by atoms with Gasteiger partial charge in [-0.2, -0.15) is 0 Å². The van der Waals surface area contributed by atoms with E-state index in [0.29, 0.717) is 21.3 Å². The smallest absolute Gasteiger partial charge is 0.254 e. The van der Waals surface area contributed by atoms with E-state index in [2.05, 4.69) is 5.32 Å². The Morgan fingerprint density at radius 3 is 2.36 bits per heavy atom. The van der Waals surface area contributed by atoms with Crippen molar-refractivity contribution >= 4 is 40.7 Å². The molecular weight excluding hydrogens is 323 g/mol. The Kier molecular flexibility index (Phi) is 5.41. The molecule has 0 aromatic heterocycles. The summed E-state index contributed by atoms with van der Waals surface area (Å²) in [6.45, 7) is -0.0615. The molecule has 0 spiro atoms. The lowest BCUT2D eigenvalue weighted by Gasteiger charge is -2.17. The lowest BCUT2D eigenvalue weighted by Crippen LogP contribution is -2.34. The zero-order chi connectivity index (χ0) is 16.1. The van der Waals surface area contributed by atoms with Crippen LogP contribution in [0.2, 0.25) is 10.0 Å². The monoisotopic (exact) mass is 336 g/mol. The second kappa shape index (κ2) is 7.29. The molecule has 0 saturated heterocycles. The van der Waals surface area contributed by atoms with E-state index < -0.39 is 0 Å². The summed E-state index contributed by atoms with van der Waals surface area (Å²) in [5.74, 6) is -0.580. The first kappa shape index (κ1) is 16.3. The SMILES string of the molecule is CN(CC(=O)Nc1ccccc1)C(=O)c1ccc(Cl)c(Cl)c1. The summed E-state index contributed by atoms with van der Waals surface area (Å²) < 4.78 is 0. The highest BCUT2D eigenvalue weighted by Crippen LogP contribution is 2.23. The molecule has 0 aliphatic heterocycles. The van der Waals surface area contributed by atoms with Crippen molar-refractivity contribution in [2.75, 3.05) is 18.9 Å². The molecule has 0 saturated carbocycles. The van der Waals surface area contributed by atoms with Crippen LogP contribution in [0.25, 0.3) is 0 Å². The van der Waals surface area contributed by atoms with Crippen LogP contribution in [0.5, 0.6) is 0 Å². The molecule has 2 rings (SSSR count). The summed E-state index contributed by atoms with van der Waals surface area (Å²) in [5.41, 5.74) is 1.06. The molecule has 6 heteroatoms. The third-order valence-corrected chi connectivity index (χ3v) is 3.69. The van der Waals surface area contributed by atoms with Gasteiger partial charge in [-0.05, 0) is 30.3 Å². The van der Waals surface area contributed by atoms with Crippen molar-refractivity contribution in [1.29, 1.82) is 0 Å². The number of nitrogens with one attached hydrogen (secondary N) is 1. The lowest BCUT2D eigenvalue weighted by atomic mass is 10.2. The summed E-state index contributed by atoms with van der Waals surface area (Å²) in [5, 5.41) is 3.40. The molecule has 22 heavy (non-hydrogen) atoms. The standard InChI is InChI=1S/C16H14Cl2N2O2/c1-20(10-15(21)19-12-5-3-2-4-6-12)16(22)11-7-8-13(17)14(18)9-11/h2-9H,10H2,1H3,(H,19,21). The molecule has 0 heterocycles. The van der Waals surface area contributed by atoms with Gasteiger partial charge in [0, 0.05) is 18.3 Å². The maximum atomic E-state index is 12.2. The van der Waals surface area contributed by atoms with Gasteiger partial charge in [0.2, 0.25) is 5.91 Å². The normalized spacial score (nSPS) is 10.1. The number of anilines is 1. The molecule has 2 aromatic carbocycles. The van der Waals surface area contributed by atoms with Crippen molar-refractivity contribution < 1.29 is 9.59 Å². The van der Waals surface area contributed by atoms with Crippen LogP contribution in [-0.4, -0.2) is 30.3 Å². The zero-order valence-electron chi connectivity index (χ0n) is 11.8. The minimum atomic E-state index is -0.304. The number of hydrogen-bond acceptors (Lipinski definition) is 2. The van der Waals surface area contributed by atoms with Crippen LogP contribution in [0.15, 0.2) is 48.5 Å². The van der Waals surface area contributed by atoms with Crippen LogP contribution in [0.1, 0.15) is 10.4 Å². The van der Waals surface area contributed by atoms with Gasteiger partial charge in [-0.1, -0.05) is 41.4 Å². The van der Waals surface area contributed by atoms with E-state index in [4.69, 9.17) is 23.2 Å². The molecule has 4 nitrogen and oxygen atoms in total. The van der Waals surface area contributed by atoms with Crippen LogP contribution < -0.4 is 5.32 Å². The van der Waals surface area contributed by atoms with Crippen LogP contribution in [0.4, 0.5) is 5.69 Å². The van der Waals surface area contributed by atoms with Crippen molar-refractivity contribution in [3.8, 4) is 0 Å². The number of carbonyl (C=O) groups excluding carboxylic acids is 2. The van der Waals surface area contributed by atoms with E-state index in [1.54, 1.807) is 31.3 Å². The Morgan fingerprint density at radius 2 is 1.73 bits per heavy atom. The van der Waals surface area contributed by atoms with E-state index in [-0.39, 0.29) is 18.4 Å². The number of hydrogen-bond donors (Lipinski definition) is 1. The molecule has 0 unspecified atom stereocenters. The average Bonchev–Trinajstić information content (AvgIpc) is 2.50. The third kappa shape index (κ3) is 4.23. The van der Waals surface area contributed by atoms with E-state index in [1.807, 2.05) is 18.2 Å². The van der Waals surface area contributed by atoms with Crippen LogP contribution in [0, 0.1) is 0 Å². The quantitative estimate of drug-likeness (QED) is 0.925. The molecular formula is C16H14Cl2N2O2. The highest BCUT2D eigenvalue weighted by Gasteiger charge is 2.16. The predicted octanol–water partition coefficient (Wildman–Crippen LogP) is 3.70. The Balaban J connectivity index is 1.98. The molecule has 114 valence electrons. The fraction of sp³-hybridized carbons (Fsp3) is 0.125. The number of amides is 2. The molecule has 0 aliphatic rings. The molecule has 0 bridgehead atoms. The lowest BCUT2D eigenvalue weighted by molar-refractivity contribution is -0.116. The fourth-order valence-electron chi connectivity index (χ4n) is 1.86. The fourth-order valence-corrected chi connectivity index (χ4v) is 2.16. The van der Waals surface area contributed by atoms with Crippen molar-refractivity contribution in [3.63, 3.8) is 0 Å². The summed E-state index contributed by atoms with van der Waals surface area (Å²) in [7, 11) is 1.55. The first-order valence-corrected chi connectivity index (χ1v) is 7.28. The molecule has 2 aromatic rings. The molecule has 0 atom stereocenters. The van der Waals surface area contributed by atoms with E-state index in [0.717, 1.165) is 0 Å². The van der Waals surface area contributed by atoms with Crippen LogP contribution in [0.3, 0.4) is 0 Å². The van der Waals surface area contributed by atoms with Gasteiger partial charge in [0.1, 0.15) is 0 Å². The van der Waals surface area contributed by atoms with Gasteiger partial charge in [0.25, 0.3) is 5.91 Å². The van der Waals surface area contributed by atoms with E-state index >= 15 is 0 Å². The molecule has 0 aliphatic carbocycles. The van der Waals surface area contributed by atoms with E-state index in [1.165, 1.54) is 11.0 Å². The van der Waals surface area contributed by atoms with Crippen molar-refractivity contribution in [1.82, 2.24) is 4.90 Å². The van der Waals surface area contributed by atoms with Gasteiger partial charge in [0.15, 0.2) is 0 Å². The molecule has 0 radical (unpaired) electrons. The number of halogens is 2. The summed E-state index contributed by atoms with van der Waals surface area (Å²) in [6.07, 6.45) is 0. The maximum Gasteiger partial charge on any atom is 0.254 e. The van der Waals surface area contributed by atoms with Gasteiger partial charge in [-0.15, -0.1) is 0 Å². The Hall–Kier alpha value is -2.04. The summed E-state index contributed by atoms with van der Waals surface area (Å²) in [4.78, 5) is 25.5. The Morgan fingerprint density at radius 1 is 1.05 bits per heavy atom. The van der Waals surface area contributed by atoms with Gasteiger partial charge < -0.3 is 10.2 Å². The van der Waals surface area contributed by atoms with Gasteiger partial charge in [-0.3, -0.25) is 9.59 Å². The van der Waals surface area contributed by atoms with Crippen molar-refractivity contribution in [2.24, 2.45) is 0 Å². The summed E-state index contributed by atoms with van der Waals surface area (Å²) >= 11 is 11.7. The Labute approximate surface area is 138 Å². The highest BCUT2D eigenvalue weighted by atomic mass is 35.5. The second-order valence-corrected chi connectivity index (χ2v) is 5.52. The predicted molar refractivity (Wildman–Crippen MR) is 88.5 cm³/mol. The molecule has 0 fully saturated rings. The van der Waals surface area contributed by atoms with Crippen molar-refractivity contribution in [2.45, 2.75) is 0 Å². The topological polar surface area (TPSA) is 49.4 Å². The number of carbonyl (C=O) groups is 2. The first-order chi connectivity index (χ1) is 10.5. The van der Waals surface area contributed by atoms with E-state index in [9.17, 15) is 9.59 Å². The minimum absolute atomic E-state index is 0.0615.